The zero-order valence-corrected chi connectivity index (χ0v) is 16.6. The fraction of sp³-hybridized carbons (Fsp3) is 0.130. The van der Waals surface area contributed by atoms with E-state index >= 15 is 0 Å². The zero-order chi connectivity index (χ0) is 20.1. The van der Waals surface area contributed by atoms with Gasteiger partial charge in [-0.05, 0) is 23.8 Å². The first-order chi connectivity index (χ1) is 14.3. The molecule has 0 unspecified atom stereocenters. The summed E-state index contributed by atoms with van der Waals surface area (Å²) in [5.41, 5.74) is 6.78. The van der Waals surface area contributed by atoms with E-state index in [9.17, 15) is 5.26 Å². The molecular formula is C23H19N3O2S. The van der Waals surface area contributed by atoms with E-state index in [0.29, 0.717) is 23.7 Å². The van der Waals surface area contributed by atoms with Crippen molar-refractivity contribution in [3.05, 3.63) is 95.1 Å². The Morgan fingerprint density at radius 3 is 2.62 bits per heavy atom. The summed E-state index contributed by atoms with van der Waals surface area (Å²) in [6.45, 7) is 0.303. The largest absolute Gasteiger partial charge is 0.493 e. The van der Waals surface area contributed by atoms with Gasteiger partial charge in [-0.2, -0.15) is 10.4 Å². The Labute approximate surface area is 174 Å². The standard InChI is InChI=1S/C23H19N3O2S/c1-27-21-13-17(23-26-25-22(29-23)16-7-3-2-4-8-16)11-12-20(21)28-15-19-10-6-5-9-18(19)14-24/h2-13,23,26H,15H2,1H3/t23-/m1/s1. The molecule has 0 aromatic heterocycles. The van der Waals surface area contributed by atoms with Crippen LogP contribution in [0.1, 0.15) is 27.6 Å². The summed E-state index contributed by atoms with van der Waals surface area (Å²) in [7, 11) is 1.62. The van der Waals surface area contributed by atoms with Gasteiger partial charge in [-0.15, -0.1) is 0 Å². The van der Waals surface area contributed by atoms with Crippen LogP contribution in [0.25, 0.3) is 0 Å². The fourth-order valence-corrected chi connectivity index (χ4v) is 4.00. The van der Waals surface area contributed by atoms with Gasteiger partial charge in [-0.25, -0.2) is 0 Å². The summed E-state index contributed by atoms with van der Waals surface area (Å²) in [5, 5.41) is 14.7. The maximum atomic E-state index is 9.23. The monoisotopic (exact) mass is 401 g/mol. The molecule has 0 amide bonds. The third-order valence-corrected chi connectivity index (χ3v) is 5.71. The van der Waals surface area contributed by atoms with Crippen molar-refractivity contribution in [1.29, 1.82) is 5.26 Å². The normalized spacial score (nSPS) is 15.2. The number of hydrogen-bond acceptors (Lipinski definition) is 6. The molecule has 0 radical (unpaired) electrons. The van der Waals surface area contributed by atoms with Crippen molar-refractivity contribution in [2.75, 3.05) is 7.11 Å². The molecule has 0 fully saturated rings. The number of nitrogens with zero attached hydrogens (tertiary/aromatic N) is 2. The average Bonchev–Trinajstić information content (AvgIpc) is 3.28. The Balaban J connectivity index is 1.47. The van der Waals surface area contributed by atoms with E-state index in [-0.39, 0.29) is 5.37 Å². The molecule has 0 saturated carbocycles. The highest BCUT2D eigenvalue weighted by molar-refractivity contribution is 8.14. The van der Waals surface area contributed by atoms with E-state index in [0.717, 1.165) is 21.7 Å². The Morgan fingerprint density at radius 2 is 1.83 bits per heavy atom. The zero-order valence-electron chi connectivity index (χ0n) is 15.8. The molecule has 6 heteroatoms. The summed E-state index contributed by atoms with van der Waals surface area (Å²) in [5.74, 6) is 1.28. The van der Waals surface area contributed by atoms with Crippen LogP contribution in [0.2, 0.25) is 0 Å². The molecule has 1 atom stereocenters. The van der Waals surface area contributed by atoms with Gasteiger partial charge in [0, 0.05) is 11.1 Å². The quantitative estimate of drug-likeness (QED) is 0.640. The molecule has 5 nitrogen and oxygen atoms in total. The van der Waals surface area contributed by atoms with Gasteiger partial charge in [-0.3, -0.25) is 5.43 Å². The molecule has 0 saturated heterocycles. The molecule has 144 valence electrons. The molecule has 3 aromatic carbocycles. The predicted molar refractivity (Wildman–Crippen MR) is 115 cm³/mol. The van der Waals surface area contributed by atoms with Gasteiger partial charge in [0.15, 0.2) is 11.5 Å². The van der Waals surface area contributed by atoms with Gasteiger partial charge in [0.2, 0.25) is 0 Å². The number of ether oxygens (including phenoxy) is 2. The number of benzene rings is 3. The van der Waals surface area contributed by atoms with Gasteiger partial charge in [0.05, 0.1) is 18.7 Å². The molecule has 0 aliphatic carbocycles. The smallest absolute Gasteiger partial charge is 0.161 e. The van der Waals surface area contributed by atoms with Crippen molar-refractivity contribution >= 4 is 16.8 Å². The average molecular weight is 401 g/mol. The Hall–Kier alpha value is -3.43. The van der Waals surface area contributed by atoms with Gasteiger partial charge in [0.1, 0.15) is 17.0 Å². The summed E-state index contributed by atoms with van der Waals surface area (Å²) in [6.07, 6.45) is 0. The molecule has 4 rings (SSSR count). The molecule has 1 aliphatic rings. The number of rotatable bonds is 6. The molecular weight excluding hydrogens is 382 g/mol. The summed E-state index contributed by atoms with van der Waals surface area (Å²) in [4.78, 5) is 0. The van der Waals surface area contributed by atoms with Crippen LogP contribution in [-0.2, 0) is 6.61 Å². The van der Waals surface area contributed by atoms with Gasteiger partial charge in [-0.1, -0.05) is 66.4 Å². The first-order valence-corrected chi connectivity index (χ1v) is 10.0. The third kappa shape index (κ3) is 4.20. The van der Waals surface area contributed by atoms with Crippen LogP contribution in [0.3, 0.4) is 0 Å². The van der Waals surface area contributed by atoms with Crippen molar-refractivity contribution in [2.24, 2.45) is 5.10 Å². The number of methoxy groups -OCH3 is 1. The number of hydrogen-bond donors (Lipinski definition) is 1. The Bertz CT molecular complexity index is 1080. The lowest BCUT2D eigenvalue weighted by molar-refractivity contribution is 0.284. The molecule has 3 aromatic rings. The second-order valence-corrected chi connectivity index (χ2v) is 7.47. The highest BCUT2D eigenvalue weighted by Gasteiger charge is 2.23. The second kappa shape index (κ2) is 8.72. The van der Waals surface area contributed by atoms with E-state index in [4.69, 9.17) is 9.47 Å². The van der Waals surface area contributed by atoms with Gasteiger partial charge in [0.25, 0.3) is 0 Å². The minimum atomic E-state index is 0.00692. The SMILES string of the molecule is COc1cc([C@@H]2NN=C(c3ccccc3)S2)ccc1OCc1ccccc1C#N. The van der Waals surface area contributed by atoms with Crippen LogP contribution in [-0.4, -0.2) is 12.2 Å². The number of hydrazone groups is 1. The predicted octanol–water partition coefficient (Wildman–Crippen LogP) is 4.84. The lowest BCUT2D eigenvalue weighted by Gasteiger charge is -2.15. The van der Waals surface area contributed by atoms with Crippen molar-refractivity contribution < 1.29 is 9.47 Å². The van der Waals surface area contributed by atoms with Crippen molar-refractivity contribution in [2.45, 2.75) is 12.0 Å². The number of thioether (sulfide) groups is 1. The van der Waals surface area contributed by atoms with E-state index < -0.39 is 0 Å². The molecule has 1 N–H and O–H groups in total. The molecule has 29 heavy (non-hydrogen) atoms. The fourth-order valence-electron chi connectivity index (χ4n) is 3.01. The molecule has 0 spiro atoms. The van der Waals surface area contributed by atoms with Crippen molar-refractivity contribution in [3.63, 3.8) is 0 Å². The number of nitrogens with one attached hydrogen (secondary N) is 1. The molecule has 1 aliphatic heterocycles. The Kier molecular flexibility index (Phi) is 5.68. The van der Waals surface area contributed by atoms with Crippen LogP contribution in [0.15, 0.2) is 77.9 Å². The van der Waals surface area contributed by atoms with Gasteiger partial charge >= 0.3 is 0 Å². The van der Waals surface area contributed by atoms with Crippen LogP contribution in [0, 0.1) is 11.3 Å². The van der Waals surface area contributed by atoms with Crippen LogP contribution in [0.5, 0.6) is 11.5 Å². The first-order valence-electron chi connectivity index (χ1n) is 9.12. The van der Waals surface area contributed by atoms with Crippen molar-refractivity contribution in [3.8, 4) is 17.6 Å². The lowest BCUT2D eigenvalue weighted by Crippen LogP contribution is -2.07. The van der Waals surface area contributed by atoms with Crippen LogP contribution >= 0.6 is 11.8 Å². The lowest BCUT2D eigenvalue weighted by atomic mass is 10.1. The van der Waals surface area contributed by atoms with Gasteiger partial charge < -0.3 is 9.47 Å². The Morgan fingerprint density at radius 1 is 1.03 bits per heavy atom. The van der Waals surface area contributed by atoms with E-state index in [1.54, 1.807) is 24.9 Å². The summed E-state index contributed by atoms with van der Waals surface area (Å²) < 4.78 is 11.5. The van der Waals surface area contributed by atoms with Crippen LogP contribution < -0.4 is 14.9 Å². The maximum absolute atomic E-state index is 9.23. The van der Waals surface area contributed by atoms with E-state index in [1.807, 2.05) is 66.7 Å². The van der Waals surface area contributed by atoms with E-state index in [1.165, 1.54) is 0 Å². The van der Waals surface area contributed by atoms with E-state index in [2.05, 4.69) is 16.6 Å². The minimum Gasteiger partial charge on any atom is -0.493 e. The minimum absolute atomic E-state index is 0.00692. The van der Waals surface area contributed by atoms with Crippen molar-refractivity contribution in [1.82, 2.24) is 5.43 Å². The first kappa shape index (κ1) is 18.9. The highest BCUT2D eigenvalue weighted by Crippen LogP contribution is 2.38. The second-order valence-electron chi connectivity index (χ2n) is 6.38. The third-order valence-electron chi connectivity index (χ3n) is 4.54. The number of nitriles is 1. The molecule has 1 heterocycles. The maximum Gasteiger partial charge on any atom is 0.161 e. The topological polar surface area (TPSA) is 66.6 Å². The van der Waals surface area contributed by atoms with Crippen LogP contribution in [0.4, 0.5) is 0 Å². The molecule has 0 bridgehead atoms. The highest BCUT2D eigenvalue weighted by atomic mass is 32.2. The summed E-state index contributed by atoms with van der Waals surface area (Å²) in [6, 6.07) is 25.6. The summed E-state index contributed by atoms with van der Waals surface area (Å²) >= 11 is 1.66.